The van der Waals surface area contributed by atoms with Crippen LogP contribution in [0.1, 0.15) is 157 Å². The van der Waals surface area contributed by atoms with Crippen molar-refractivity contribution in [3.8, 4) is 44.5 Å². The van der Waals surface area contributed by atoms with Crippen LogP contribution in [-0.4, -0.2) is 0 Å². The molecule has 7 aromatic carbocycles. The van der Waals surface area contributed by atoms with Gasteiger partial charge < -0.3 is 4.90 Å². The van der Waals surface area contributed by atoms with Gasteiger partial charge >= 0.3 is 0 Å². The third-order valence-corrected chi connectivity index (χ3v) is 14.2. The number of hydrogen-bond acceptors (Lipinski definition) is 1. The van der Waals surface area contributed by atoms with Crippen LogP contribution in [0.5, 0.6) is 0 Å². The molecule has 0 fully saturated rings. The highest BCUT2D eigenvalue weighted by atomic mass is 15.1. The fraction of sp³-hybridized carbons (Fsp3) is 0.354. The zero-order valence-corrected chi connectivity index (χ0v) is 43.3. The van der Waals surface area contributed by atoms with Gasteiger partial charge in [0.25, 0.3) is 0 Å². The minimum atomic E-state index is -0.101. The monoisotopic (exact) mass is 870 g/mol. The summed E-state index contributed by atoms with van der Waals surface area (Å²) >= 11 is 0. The van der Waals surface area contributed by atoms with Crippen LogP contribution in [0, 0.1) is 0 Å². The third-order valence-electron chi connectivity index (χ3n) is 14.2. The van der Waals surface area contributed by atoms with E-state index in [0.29, 0.717) is 0 Å². The third kappa shape index (κ3) is 9.08. The van der Waals surface area contributed by atoms with Gasteiger partial charge in [0.1, 0.15) is 0 Å². The van der Waals surface area contributed by atoms with Gasteiger partial charge in [-0.3, -0.25) is 0 Å². The molecule has 0 bridgehead atoms. The molecular formula is C65H75N. The summed E-state index contributed by atoms with van der Waals surface area (Å²) in [5.74, 6) is 0. The summed E-state index contributed by atoms with van der Waals surface area (Å²) in [4.78, 5) is 2.49. The van der Waals surface area contributed by atoms with Gasteiger partial charge in [0, 0.05) is 22.5 Å². The van der Waals surface area contributed by atoms with Crippen LogP contribution in [0.4, 0.5) is 17.1 Å². The van der Waals surface area contributed by atoms with E-state index in [9.17, 15) is 0 Å². The second kappa shape index (κ2) is 16.3. The van der Waals surface area contributed by atoms with Gasteiger partial charge in [-0.25, -0.2) is 0 Å². The van der Waals surface area contributed by atoms with Crippen LogP contribution in [0.25, 0.3) is 44.5 Å². The first-order valence-electron chi connectivity index (χ1n) is 24.3. The summed E-state index contributed by atoms with van der Waals surface area (Å²) in [6, 6.07) is 56.3. The van der Waals surface area contributed by atoms with E-state index in [0.717, 1.165) is 5.69 Å². The Labute approximate surface area is 399 Å². The first kappa shape index (κ1) is 46.9. The fourth-order valence-corrected chi connectivity index (χ4v) is 9.81. The number of benzene rings is 7. The maximum absolute atomic E-state index is 2.49. The highest BCUT2D eigenvalue weighted by Crippen LogP contribution is 2.51. The Morgan fingerprint density at radius 2 is 0.712 bits per heavy atom. The summed E-state index contributed by atoms with van der Waals surface area (Å²) < 4.78 is 0. The van der Waals surface area contributed by atoms with E-state index in [1.165, 1.54) is 94.8 Å². The van der Waals surface area contributed by atoms with E-state index in [1.54, 1.807) is 0 Å². The molecule has 0 aliphatic heterocycles. The molecule has 0 unspecified atom stereocenters. The molecule has 0 N–H and O–H groups in total. The Bertz CT molecular complexity index is 2900. The van der Waals surface area contributed by atoms with Crippen molar-refractivity contribution in [3.05, 3.63) is 185 Å². The van der Waals surface area contributed by atoms with E-state index in [2.05, 4.69) is 268 Å². The van der Waals surface area contributed by atoms with E-state index in [-0.39, 0.29) is 32.5 Å². The molecule has 1 aliphatic carbocycles. The largest absolute Gasteiger partial charge is 0.310 e. The Morgan fingerprint density at radius 3 is 1.20 bits per heavy atom. The highest BCUT2D eigenvalue weighted by Gasteiger charge is 2.36. The molecule has 340 valence electrons. The van der Waals surface area contributed by atoms with Crippen molar-refractivity contribution in [2.24, 2.45) is 0 Å². The van der Waals surface area contributed by atoms with Crippen LogP contribution in [-0.2, 0) is 32.5 Å². The molecule has 8 rings (SSSR count). The quantitative estimate of drug-likeness (QED) is 0.161. The lowest BCUT2D eigenvalue weighted by molar-refractivity contribution is 0.569. The topological polar surface area (TPSA) is 3.24 Å². The lowest BCUT2D eigenvalue weighted by Crippen LogP contribution is -2.20. The van der Waals surface area contributed by atoms with Crippen molar-refractivity contribution in [2.45, 2.75) is 150 Å². The van der Waals surface area contributed by atoms with Gasteiger partial charge in [-0.2, -0.15) is 0 Å². The first-order chi connectivity index (χ1) is 30.6. The first-order valence-corrected chi connectivity index (χ1v) is 24.3. The molecule has 1 nitrogen and oxygen atoms in total. The molecule has 1 heteroatoms. The smallest absolute Gasteiger partial charge is 0.0498 e. The van der Waals surface area contributed by atoms with Crippen molar-refractivity contribution in [1.82, 2.24) is 0 Å². The van der Waals surface area contributed by atoms with E-state index in [1.807, 2.05) is 0 Å². The van der Waals surface area contributed by atoms with E-state index < -0.39 is 0 Å². The molecule has 1 aliphatic rings. The average molecular weight is 870 g/mol. The van der Waals surface area contributed by atoms with Crippen molar-refractivity contribution in [2.75, 3.05) is 4.90 Å². The molecule has 0 atom stereocenters. The van der Waals surface area contributed by atoms with Gasteiger partial charge in [-0.05, 0) is 153 Å². The molecule has 0 spiro atoms. The van der Waals surface area contributed by atoms with Crippen LogP contribution in [0.2, 0.25) is 0 Å². The van der Waals surface area contributed by atoms with E-state index in [4.69, 9.17) is 0 Å². The lowest BCUT2D eigenvalue weighted by atomic mass is 9.77. The fourth-order valence-electron chi connectivity index (χ4n) is 9.81. The van der Waals surface area contributed by atoms with Gasteiger partial charge in [-0.15, -0.1) is 0 Å². The number of fused-ring (bicyclic) bond motifs is 3. The summed E-state index contributed by atoms with van der Waals surface area (Å²) in [7, 11) is 0. The second-order valence-corrected chi connectivity index (χ2v) is 24.9. The molecule has 0 radical (unpaired) electrons. The molecular weight excluding hydrogens is 795 g/mol. The van der Waals surface area contributed by atoms with Crippen molar-refractivity contribution < 1.29 is 0 Å². The van der Waals surface area contributed by atoms with Crippen molar-refractivity contribution in [3.63, 3.8) is 0 Å². The normalized spacial score (nSPS) is 14.0. The highest BCUT2D eigenvalue weighted by molar-refractivity contribution is 5.87. The van der Waals surface area contributed by atoms with Gasteiger partial charge in [0.05, 0.1) is 0 Å². The molecule has 7 aromatic rings. The number of para-hydroxylation sites is 1. The molecule has 0 aromatic heterocycles. The number of nitrogens with zero attached hydrogens (tertiary/aromatic N) is 1. The number of hydrogen-bond donors (Lipinski definition) is 0. The minimum absolute atomic E-state index is 0.0314. The predicted molar refractivity (Wildman–Crippen MR) is 288 cm³/mol. The van der Waals surface area contributed by atoms with Gasteiger partial charge in [0.15, 0.2) is 0 Å². The second-order valence-electron chi connectivity index (χ2n) is 24.9. The summed E-state index contributed by atoms with van der Waals surface area (Å²) in [5.41, 5.74) is 23.0. The van der Waals surface area contributed by atoms with E-state index >= 15 is 0 Å². The maximum atomic E-state index is 2.49. The standard InChI is InChI=1S/C65H75N/c1-60(2,3)48-34-43(32-44(35-48)45-33-46(37-49(36-45)61(4,5)6)47-38-50(62(7,8)9)40-51(39-47)63(10,11)12)42-26-28-52(29-27-42)66(59-25-21-20-24-57(59)64(13,14)15)53-30-31-55-54-22-18-19-23-56(54)65(16,17)58(55)41-53/h18-41H,1-17H3. The molecule has 66 heavy (non-hydrogen) atoms. The zero-order chi connectivity index (χ0) is 47.9. The van der Waals surface area contributed by atoms with Crippen LogP contribution in [0.15, 0.2) is 146 Å². The number of anilines is 3. The van der Waals surface area contributed by atoms with Gasteiger partial charge in [-0.1, -0.05) is 221 Å². The van der Waals surface area contributed by atoms with Crippen LogP contribution >= 0.6 is 0 Å². The molecule has 0 heterocycles. The molecule has 0 saturated carbocycles. The Hall–Kier alpha value is -5.66. The molecule has 0 saturated heterocycles. The minimum Gasteiger partial charge on any atom is -0.310 e. The summed E-state index contributed by atoms with van der Waals surface area (Å²) in [6.07, 6.45) is 0. The van der Waals surface area contributed by atoms with Crippen molar-refractivity contribution in [1.29, 1.82) is 0 Å². The van der Waals surface area contributed by atoms with Gasteiger partial charge in [0.2, 0.25) is 0 Å². The average Bonchev–Trinajstić information content (AvgIpc) is 3.47. The van der Waals surface area contributed by atoms with Crippen LogP contribution in [0.3, 0.4) is 0 Å². The SMILES string of the molecule is CC(C)(C)c1cc(-c2ccc(N(c3ccc4c(c3)C(C)(C)c3ccccc3-4)c3ccccc3C(C)(C)C)cc2)cc(-c2cc(-c3cc(C(C)(C)C)cc(C(C)(C)C)c3)cc(C(C)(C)C)c2)c1. The summed E-state index contributed by atoms with van der Waals surface area (Å²) in [6.45, 7) is 39.7. The predicted octanol–water partition coefficient (Wildman–Crippen LogP) is 19.0. The Balaban J connectivity index is 1.27. The zero-order valence-electron chi connectivity index (χ0n) is 43.3. The van der Waals surface area contributed by atoms with Crippen molar-refractivity contribution >= 4 is 17.1 Å². The lowest BCUT2D eigenvalue weighted by Gasteiger charge is -2.33. The maximum Gasteiger partial charge on any atom is 0.0498 e. The Morgan fingerprint density at radius 1 is 0.318 bits per heavy atom. The summed E-state index contributed by atoms with van der Waals surface area (Å²) in [5, 5.41) is 0. The Kier molecular flexibility index (Phi) is 11.6. The number of rotatable bonds is 6. The van der Waals surface area contributed by atoms with Crippen LogP contribution < -0.4 is 4.90 Å². The molecule has 0 amide bonds.